The lowest BCUT2D eigenvalue weighted by Crippen LogP contribution is -2.10. The van der Waals surface area contributed by atoms with Gasteiger partial charge < -0.3 is 9.84 Å². The number of carbonyl (C=O) groups excluding carboxylic acids is 1. The van der Waals surface area contributed by atoms with Crippen LogP contribution in [0.25, 0.3) is 0 Å². The number of cyclic esters (lactones) is 1. The van der Waals surface area contributed by atoms with Crippen LogP contribution in [-0.2, 0) is 9.53 Å². The van der Waals surface area contributed by atoms with E-state index in [1.807, 2.05) is 20.8 Å². The highest BCUT2D eigenvalue weighted by Gasteiger charge is 2.32. The molecule has 3 heteroatoms. The second-order valence-electron chi connectivity index (χ2n) is 2.58. The topological polar surface area (TPSA) is 46.5 Å². The third-order valence-corrected chi connectivity index (χ3v) is 1.86. The van der Waals surface area contributed by atoms with Crippen molar-refractivity contribution in [2.24, 2.45) is 5.92 Å². The van der Waals surface area contributed by atoms with Gasteiger partial charge in [-0.2, -0.15) is 0 Å². The molecule has 1 N–H and O–H groups in total. The first-order valence-corrected chi connectivity index (χ1v) is 4.59. The van der Waals surface area contributed by atoms with E-state index in [2.05, 4.69) is 0 Å². The first kappa shape index (κ1) is 11.4. The summed E-state index contributed by atoms with van der Waals surface area (Å²) in [6, 6.07) is 0. The molecular weight excluding hydrogens is 156 g/mol. The summed E-state index contributed by atoms with van der Waals surface area (Å²) in [5, 5.41) is 8.62. The van der Waals surface area contributed by atoms with E-state index in [4.69, 9.17) is 9.84 Å². The molecule has 12 heavy (non-hydrogen) atoms. The second-order valence-corrected chi connectivity index (χ2v) is 2.58. The molecule has 0 saturated carbocycles. The minimum absolute atomic E-state index is 0.0251. The molecule has 0 aromatic carbocycles. The Morgan fingerprint density at radius 3 is 2.42 bits per heavy atom. The summed E-state index contributed by atoms with van der Waals surface area (Å²) in [6.45, 7) is 5.91. The molecule has 2 atom stereocenters. The monoisotopic (exact) mass is 174 g/mol. The van der Waals surface area contributed by atoms with E-state index in [-0.39, 0.29) is 24.6 Å². The van der Waals surface area contributed by atoms with E-state index < -0.39 is 0 Å². The Hall–Kier alpha value is -0.570. The smallest absolute Gasteiger partial charge is 0.309 e. The van der Waals surface area contributed by atoms with E-state index in [0.29, 0.717) is 6.42 Å². The summed E-state index contributed by atoms with van der Waals surface area (Å²) in [5.74, 6) is -0.126. The Morgan fingerprint density at radius 2 is 2.17 bits per heavy atom. The molecule has 0 spiro atoms. The molecule has 0 aromatic rings. The molecule has 2 unspecified atom stereocenters. The predicted molar refractivity (Wildman–Crippen MR) is 46.7 cm³/mol. The fourth-order valence-electron chi connectivity index (χ4n) is 1.17. The fraction of sp³-hybridized carbons (Fsp3) is 0.889. The van der Waals surface area contributed by atoms with Gasteiger partial charge in [-0.15, -0.1) is 0 Å². The fourth-order valence-corrected chi connectivity index (χ4v) is 1.17. The van der Waals surface area contributed by atoms with Gasteiger partial charge in [-0.3, -0.25) is 4.79 Å². The third-order valence-electron chi connectivity index (χ3n) is 1.86. The highest BCUT2D eigenvalue weighted by atomic mass is 16.6. The Kier molecular flexibility index (Phi) is 5.72. The third kappa shape index (κ3) is 2.81. The quantitative estimate of drug-likeness (QED) is 0.643. The lowest BCUT2D eigenvalue weighted by molar-refractivity contribution is -0.145. The van der Waals surface area contributed by atoms with Crippen LogP contribution in [0.1, 0.15) is 33.6 Å². The van der Waals surface area contributed by atoms with Crippen LogP contribution in [0.5, 0.6) is 0 Å². The zero-order chi connectivity index (χ0) is 9.56. The summed E-state index contributed by atoms with van der Waals surface area (Å²) in [5.41, 5.74) is 0. The normalized spacial score (nSPS) is 27.5. The van der Waals surface area contributed by atoms with Crippen molar-refractivity contribution in [3.05, 3.63) is 0 Å². The molecule has 0 amide bonds. The molecule has 0 aromatic heterocycles. The van der Waals surface area contributed by atoms with Crippen molar-refractivity contribution in [2.75, 3.05) is 6.61 Å². The van der Waals surface area contributed by atoms with Crippen molar-refractivity contribution < 1.29 is 14.6 Å². The number of esters is 1. The number of rotatable bonds is 2. The van der Waals surface area contributed by atoms with Crippen LogP contribution in [0.15, 0.2) is 0 Å². The van der Waals surface area contributed by atoms with Crippen LogP contribution >= 0.6 is 0 Å². The minimum Gasteiger partial charge on any atom is -0.460 e. The second kappa shape index (κ2) is 6.00. The highest BCUT2D eigenvalue weighted by Crippen LogP contribution is 2.22. The molecule has 1 aliphatic heterocycles. The van der Waals surface area contributed by atoms with Crippen molar-refractivity contribution in [3.63, 3.8) is 0 Å². The number of ether oxygens (including phenoxy) is 1. The van der Waals surface area contributed by atoms with Gasteiger partial charge in [-0.1, -0.05) is 20.8 Å². The van der Waals surface area contributed by atoms with Gasteiger partial charge in [-0.05, 0) is 12.8 Å². The number of aliphatic hydroxyl groups excluding tert-OH is 1. The van der Waals surface area contributed by atoms with Crippen LogP contribution in [0.4, 0.5) is 0 Å². The first-order valence-electron chi connectivity index (χ1n) is 4.59. The molecule has 1 fully saturated rings. The van der Waals surface area contributed by atoms with Crippen LogP contribution in [0.3, 0.4) is 0 Å². The van der Waals surface area contributed by atoms with Crippen molar-refractivity contribution in [1.29, 1.82) is 0 Å². The van der Waals surface area contributed by atoms with Gasteiger partial charge in [0.05, 0.1) is 12.5 Å². The maximum absolute atomic E-state index is 10.8. The molecule has 0 radical (unpaired) electrons. The number of aliphatic hydroxyl groups is 1. The number of hydrogen-bond donors (Lipinski definition) is 1. The van der Waals surface area contributed by atoms with Gasteiger partial charge in [0.15, 0.2) is 0 Å². The van der Waals surface area contributed by atoms with E-state index in [0.717, 1.165) is 6.42 Å². The molecular formula is C9H18O3. The highest BCUT2D eigenvalue weighted by molar-refractivity contribution is 5.74. The van der Waals surface area contributed by atoms with Crippen molar-refractivity contribution in [2.45, 2.75) is 39.7 Å². The van der Waals surface area contributed by atoms with Crippen LogP contribution in [0.2, 0.25) is 0 Å². The minimum atomic E-state index is -0.238. The van der Waals surface area contributed by atoms with Gasteiger partial charge in [0.2, 0.25) is 0 Å². The molecule has 1 saturated heterocycles. The molecule has 1 heterocycles. The summed E-state index contributed by atoms with van der Waals surface area (Å²) in [7, 11) is 0. The predicted octanol–water partition coefficient (Wildman–Crippen LogP) is 1.35. The lowest BCUT2D eigenvalue weighted by Gasteiger charge is -2.01. The Balaban J connectivity index is 0.000000561. The summed E-state index contributed by atoms with van der Waals surface area (Å²) < 4.78 is 4.83. The molecule has 1 aliphatic rings. The summed E-state index contributed by atoms with van der Waals surface area (Å²) >= 11 is 0. The van der Waals surface area contributed by atoms with Gasteiger partial charge in [0.1, 0.15) is 6.10 Å². The van der Waals surface area contributed by atoms with E-state index in [1.165, 1.54) is 0 Å². The molecule has 3 nitrogen and oxygen atoms in total. The van der Waals surface area contributed by atoms with Gasteiger partial charge >= 0.3 is 5.97 Å². The van der Waals surface area contributed by atoms with Gasteiger partial charge in [0.25, 0.3) is 0 Å². The standard InChI is InChI=1S/C7H12O3.C2H6/c1-2-5-3-6(4-8)10-7(5)9;1-2/h5-6,8H,2-4H2,1H3;1-2H3. The van der Waals surface area contributed by atoms with Crippen molar-refractivity contribution >= 4 is 5.97 Å². The average Bonchev–Trinajstić information content (AvgIpc) is 2.49. The Morgan fingerprint density at radius 1 is 1.58 bits per heavy atom. The summed E-state index contributed by atoms with van der Waals surface area (Å²) in [4.78, 5) is 10.8. The Bertz CT molecular complexity index is 134. The molecule has 0 aliphatic carbocycles. The zero-order valence-electron chi connectivity index (χ0n) is 8.04. The molecule has 72 valence electrons. The maximum Gasteiger partial charge on any atom is 0.309 e. The molecule has 0 bridgehead atoms. The number of carbonyl (C=O) groups is 1. The van der Waals surface area contributed by atoms with Crippen LogP contribution in [0, 0.1) is 5.92 Å². The zero-order valence-corrected chi connectivity index (χ0v) is 8.04. The van der Waals surface area contributed by atoms with Crippen molar-refractivity contribution in [1.82, 2.24) is 0 Å². The lowest BCUT2D eigenvalue weighted by atomic mass is 10.0. The van der Waals surface area contributed by atoms with Crippen molar-refractivity contribution in [3.8, 4) is 0 Å². The van der Waals surface area contributed by atoms with Crippen LogP contribution < -0.4 is 0 Å². The first-order chi connectivity index (χ1) is 5.77. The van der Waals surface area contributed by atoms with E-state index in [9.17, 15) is 4.79 Å². The number of hydrogen-bond acceptors (Lipinski definition) is 3. The summed E-state index contributed by atoms with van der Waals surface area (Å²) in [6.07, 6.45) is 1.26. The SMILES string of the molecule is CC.CCC1CC(CO)OC1=O. The van der Waals surface area contributed by atoms with Gasteiger partial charge in [0, 0.05) is 0 Å². The van der Waals surface area contributed by atoms with Crippen LogP contribution in [-0.4, -0.2) is 23.8 Å². The molecule has 1 rings (SSSR count). The van der Waals surface area contributed by atoms with E-state index >= 15 is 0 Å². The van der Waals surface area contributed by atoms with E-state index in [1.54, 1.807) is 0 Å². The average molecular weight is 174 g/mol. The van der Waals surface area contributed by atoms with Gasteiger partial charge in [-0.25, -0.2) is 0 Å². The Labute approximate surface area is 73.7 Å². The largest absolute Gasteiger partial charge is 0.460 e. The maximum atomic E-state index is 10.8.